The van der Waals surface area contributed by atoms with E-state index in [1.54, 1.807) is 30.1 Å². The molecule has 3 unspecified atom stereocenters. The van der Waals surface area contributed by atoms with E-state index >= 15 is 0 Å². The van der Waals surface area contributed by atoms with Crippen LogP contribution >= 0.6 is 23.2 Å². The van der Waals surface area contributed by atoms with Crippen molar-refractivity contribution in [1.82, 2.24) is 14.8 Å². The summed E-state index contributed by atoms with van der Waals surface area (Å²) in [6, 6.07) is 3.84. The Labute approximate surface area is 202 Å². The molecule has 5 rings (SSSR count). The molecule has 2 aliphatic heterocycles. The lowest BCUT2D eigenvalue weighted by Gasteiger charge is -2.19. The van der Waals surface area contributed by atoms with Crippen molar-refractivity contribution in [3.8, 4) is 16.9 Å². The third-order valence-corrected chi connectivity index (χ3v) is 6.70. The van der Waals surface area contributed by atoms with Crippen LogP contribution in [-0.2, 0) is 9.47 Å². The highest BCUT2D eigenvalue weighted by atomic mass is 35.5. The van der Waals surface area contributed by atoms with E-state index in [2.05, 4.69) is 14.8 Å². The number of nitrogen functional groups attached to an aromatic ring is 1. The van der Waals surface area contributed by atoms with E-state index in [9.17, 15) is 13.2 Å². The van der Waals surface area contributed by atoms with Crippen molar-refractivity contribution in [2.24, 2.45) is 5.92 Å². The van der Waals surface area contributed by atoms with E-state index < -0.39 is 36.7 Å². The van der Waals surface area contributed by atoms with Crippen LogP contribution in [0.1, 0.15) is 31.1 Å². The number of ether oxygens (including phenoxy) is 3. The van der Waals surface area contributed by atoms with Gasteiger partial charge in [-0.1, -0.05) is 23.2 Å². The third kappa shape index (κ3) is 4.19. The van der Waals surface area contributed by atoms with Crippen LogP contribution in [0, 0.1) is 11.7 Å². The summed E-state index contributed by atoms with van der Waals surface area (Å²) in [5.41, 5.74) is 7.57. The molecular formula is C22H19Cl2F3N4O3. The molecule has 0 saturated carbocycles. The van der Waals surface area contributed by atoms with E-state index in [-0.39, 0.29) is 39.8 Å². The number of benzene rings is 1. The minimum atomic E-state index is -3.21. The minimum absolute atomic E-state index is 0.115. The molecule has 0 bridgehead atoms. The number of nitrogens with zero attached hydrogens (tertiary/aromatic N) is 3. The monoisotopic (exact) mass is 514 g/mol. The number of pyridine rings is 1. The molecular weight excluding hydrogens is 496 g/mol. The fourth-order valence-electron chi connectivity index (χ4n) is 4.28. The Balaban J connectivity index is 1.38. The van der Waals surface area contributed by atoms with Gasteiger partial charge in [0.1, 0.15) is 11.9 Å². The maximum atomic E-state index is 13.9. The zero-order valence-corrected chi connectivity index (χ0v) is 19.2. The Morgan fingerprint density at radius 2 is 2.06 bits per heavy atom. The van der Waals surface area contributed by atoms with Gasteiger partial charge in [-0.25, -0.2) is 9.37 Å². The SMILES string of the molecule is C[C@@H](Oc1cc(-c2cnn(C3COC4OC(F)(F)CC43)c2)cnc1N)c1c(Cl)ccc(F)c1Cl. The summed E-state index contributed by atoms with van der Waals surface area (Å²) >= 11 is 12.3. The Kier molecular flexibility index (Phi) is 5.87. The van der Waals surface area contributed by atoms with Crippen LogP contribution in [0.2, 0.25) is 10.0 Å². The van der Waals surface area contributed by atoms with E-state index in [1.807, 2.05) is 0 Å². The van der Waals surface area contributed by atoms with Gasteiger partial charge in [-0.3, -0.25) is 9.42 Å². The van der Waals surface area contributed by atoms with Crippen LogP contribution in [-0.4, -0.2) is 33.8 Å². The van der Waals surface area contributed by atoms with Gasteiger partial charge in [-0.2, -0.15) is 13.9 Å². The molecule has 1 aromatic carbocycles. The number of alkyl halides is 2. The summed E-state index contributed by atoms with van der Waals surface area (Å²) in [6.45, 7) is 1.88. The normalized spacial score (nSPS) is 24.2. The van der Waals surface area contributed by atoms with Gasteiger partial charge in [-0.05, 0) is 25.1 Å². The molecule has 0 radical (unpaired) electrons. The second kappa shape index (κ2) is 8.60. The quantitative estimate of drug-likeness (QED) is 0.443. The van der Waals surface area contributed by atoms with Gasteiger partial charge in [0.25, 0.3) is 0 Å². The highest BCUT2D eigenvalue weighted by Crippen LogP contribution is 2.47. The van der Waals surface area contributed by atoms with Crippen LogP contribution in [0.5, 0.6) is 5.75 Å². The summed E-state index contributed by atoms with van der Waals surface area (Å²) in [7, 11) is 0. The van der Waals surface area contributed by atoms with Gasteiger partial charge < -0.3 is 15.2 Å². The number of fused-ring (bicyclic) bond motifs is 1. The van der Waals surface area contributed by atoms with E-state index in [0.29, 0.717) is 11.1 Å². The fraction of sp³-hybridized carbons (Fsp3) is 0.364. The van der Waals surface area contributed by atoms with Crippen LogP contribution < -0.4 is 10.5 Å². The highest BCUT2D eigenvalue weighted by Gasteiger charge is 2.55. The molecule has 0 amide bonds. The molecule has 0 spiro atoms. The zero-order valence-electron chi connectivity index (χ0n) is 17.7. The van der Waals surface area contributed by atoms with E-state index in [1.165, 1.54) is 18.3 Å². The summed E-state index contributed by atoms with van der Waals surface area (Å²) in [6.07, 6.45) is -0.473. The van der Waals surface area contributed by atoms with Crippen LogP contribution in [0.15, 0.2) is 36.8 Å². The lowest BCUT2D eigenvalue weighted by Crippen LogP contribution is -2.20. The Bertz CT molecular complexity index is 1240. The van der Waals surface area contributed by atoms with Crippen molar-refractivity contribution in [1.29, 1.82) is 0 Å². The van der Waals surface area contributed by atoms with Crippen LogP contribution in [0.3, 0.4) is 0 Å². The Hall–Kier alpha value is -2.53. The molecule has 2 N–H and O–H groups in total. The second-order valence-corrected chi connectivity index (χ2v) is 9.01. The van der Waals surface area contributed by atoms with E-state index in [0.717, 1.165) is 0 Å². The molecule has 12 heteroatoms. The van der Waals surface area contributed by atoms with Crippen molar-refractivity contribution in [3.05, 3.63) is 58.2 Å². The number of rotatable bonds is 5. The molecule has 180 valence electrons. The predicted octanol–water partition coefficient (Wildman–Crippen LogP) is 5.64. The van der Waals surface area contributed by atoms with Crippen molar-refractivity contribution in [3.63, 3.8) is 0 Å². The maximum absolute atomic E-state index is 13.9. The summed E-state index contributed by atoms with van der Waals surface area (Å²) in [5.74, 6) is -0.772. The molecule has 4 heterocycles. The highest BCUT2D eigenvalue weighted by molar-refractivity contribution is 6.36. The average molecular weight is 515 g/mol. The van der Waals surface area contributed by atoms with Crippen molar-refractivity contribution in [2.75, 3.05) is 12.3 Å². The average Bonchev–Trinajstić information content (AvgIpc) is 3.46. The number of hydrogen-bond acceptors (Lipinski definition) is 6. The van der Waals surface area contributed by atoms with Gasteiger partial charge in [0.05, 0.1) is 23.9 Å². The molecule has 2 saturated heterocycles. The van der Waals surface area contributed by atoms with Crippen molar-refractivity contribution >= 4 is 29.0 Å². The van der Waals surface area contributed by atoms with Gasteiger partial charge in [-0.15, -0.1) is 0 Å². The summed E-state index contributed by atoms with van der Waals surface area (Å²) in [4.78, 5) is 4.18. The second-order valence-electron chi connectivity index (χ2n) is 8.23. The van der Waals surface area contributed by atoms with Crippen LogP contribution in [0.4, 0.5) is 19.0 Å². The molecule has 2 fully saturated rings. The maximum Gasteiger partial charge on any atom is 0.358 e. The molecule has 34 heavy (non-hydrogen) atoms. The fourth-order valence-corrected chi connectivity index (χ4v) is 4.96. The summed E-state index contributed by atoms with van der Waals surface area (Å²) in [5, 5.41) is 4.45. The van der Waals surface area contributed by atoms with Gasteiger partial charge in [0.15, 0.2) is 17.9 Å². The number of nitrogens with two attached hydrogens (primary N) is 1. The van der Waals surface area contributed by atoms with Gasteiger partial charge in [0.2, 0.25) is 0 Å². The van der Waals surface area contributed by atoms with Gasteiger partial charge >= 0.3 is 6.11 Å². The minimum Gasteiger partial charge on any atom is -0.482 e. The standard InChI is InChI=1S/C22H19Cl2F3N4O3/c1-10(18-14(23)2-3-15(25)19(18)24)33-17-4-11(6-29-20(17)28)12-7-30-31(8-12)16-9-32-21-13(16)5-22(26,27)34-21/h2-4,6-8,10,13,16,21H,5,9H2,1H3,(H2,28,29)/t10-,13?,16?,21?/m1/s1. The lowest BCUT2D eigenvalue weighted by atomic mass is 10.0. The first-order chi connectivity index (χ1) is 16.1. The lowest BCUT2D eigenvalue weighted by molar-refractivity contribution is -0.270. The van der Waals surface area contributed by atoms with Crippen molar-refractivity contribution < 1.29 is 27.4 Å². The Morgan fingerprint density at radius 1 is 1.26 bits per heavy atom. The smallest absolute Gasteiger partial charge is 0.358 e. The number of halogens is 5. The summed E-state index contributed by atoms with van der Waals surface area (Å²) < 4.78 is 58.7. The van der Waals surface area contributed by atoms with Gasteiger partial charge in [0, 0.05) is 46.4 Å². The first kappa shape index (κ1) is 23.2. The first-order valence-electron chi connectivity index (χ1n) is 10.4. The molecule has 2 aromatic heterocycles. The topological polar surface area (TPSA) is 84.4 Å². The number of aromatic nitrogens is 3. The van der Waals surface area contributed by atoms with Crippen molar-refractivity contribution in [2.45, 2.75) is 37.9 Å². The predicted molar refractivity (Wildman–Crippen MR) is 118 cm³/mol. The van der Waals surface area contributed by atoms with E-state index in [4.69, 9.17) is 38.4 Å². The molecule has 3 aromatic rings. The largest absolute Gasteiger partial charge is 0.482 e. The Morgan fingerprint density at radius 3 is 2.85 bits per heavy atom. The molecule has 7 nitrogen and oxygen atoms in total. The zero-order chi connectivity index (χ0) is 24.2. The third-order valence-electron chi connectivity index (χ3n) is 5.98. The van der Waals surface area contributed by atoms with Crippen LogP contribution in [0.25, 0.3) is 11.1 Å². The first-order valence-corrected chi connectivity index (χ1v) is 11.2. The number of hydrogen-bond donors (Lipinski definition) is 1. The molecule has 2 aliphatic rings. The molecule has 0 aliphatic carbocycles. The molecule has 4 atom stereocenters. The number of anilines is 1.